The first-order chi connectivity index (χ1) is 8.38. The molecule has 0 aliphatic carbocycles. The molecule has 0 aliphatic heterocycles. The maximum Gasteiger partial charge on any atom is 0.274 e. The molecule has 0 saturated carbocycles. The predicted molar refractivity (Wildman–Crippen MR) is 72.4 cm³/mol. The van der Waals surface area contributed by atoms with Crippen molar-refractivity contribution in [3.63, 3.8) is 0 Å². The van der Waals surface area contributed by atoms with Crippen molar-refractivity contribution < 1.29 is 8.42 Å². The molecule has 10 heteroatoms. The van der Waals surface area contributed by atoms with Crippen LogP contribution in [0.15, 0.2) is 21.2 Å². The molecule has 2 heterocycles. The van der Waals surface area contributed by atoms with Gasteiger partial charge in [-0.1, -0.05) is 22.9 Å². The number of anilines is 1. The minimum absolute atomic E-state index is 0.0669. The van der Waals surface area contributed by atoms with Crippen LogP contribution < -0.4 is 4.72 Å². The number of aromatic nitrogens is 3. The number of nitrogens with zero attached hydrogens (tertiary/aromatic N) is 3. The maximum atomic E-state index is 12.0. The van der Waals surface area contributed by atoms with Gasteiger partial charge in [-0.2, -0.15) is 0 Å². The summed E-state index contributed by atoms with van der Waals surface area (Å²) in [6.45, 7) is 1.57. The molecule has 0 spiro atoms. The molecule has 0 radical (unpaired) electrons. The highest BCUT2D eigenvalue weighted by atomic mass is 79.9. The number of thiazole rings is 1. The summed E-state index contributed by atoms with van der Waals surface area (Å²) < 4.78 is 27.1. The van der Waals surface area contributed by atoms with Crippen LogP contribution in [0, 0.1) is 6.92 Å². The molecule has 0 aliphatic rings. The molecule has 2 aromatic heterocycles. The Hall–Kier alpha value is -0.770. The van der Waals surface area contributed by atoms with Crippen LogP contribution in [-0.2, 0) is 10.0 Å². The Balaban J connectivity index is 2.33. The number of sulfonamides is 1. The van der Waals surface area contributed by atoms with E-state index < -0.39 is 10.0 Å². The van der Waals surface area contributed by atoms with E-state index in [0.717, 1.165) is 11.3 Å². The van der Waals surface area contributed by atoms with Crippen molar-refractivity contribution in [2.45, 2.75) is 11.1 Å². The normalized spacial score (nSPS) is 11.5. The number of nitrogens with one attached hydrogen (secondary N) is 1. The molecule has 1 N–H and O–H groups in total. The van der Waals surface area contributed by atoms with E-state index in [9.17, 15) is 8.42 Å². The van der Waals surface area contributed by atoms with Crippen molar-refractivity contribution in [2.75, 3.05) is 4.72 Å². The Morgan fingerprint density at radius 1 is 1.39 bits per heavy atom. The summed E-state index contributed by atoms with van der Waals surface area (Å²) >= 11 is 9.68. The summed E-state index contributed by atoms with van der Waals surface area (Å²) in [5.41, 5.74) is 0.350. The molecule has 0 atom stereocenters. The van der Waals surface area contributed by atoms with Crippen LogP contribution >= 0.6 is 38.9 Å². The lowest BCUT2D eigenvalue weighted by molar-refractivity contribution is 0.602. The van der Waals surface area contributed by atoms with Gasteiger partial charge in [0.1, 0.15) is 4.60 Å². The van der Waals surface area contributed by atoms with Gasteiger partial charge in [0, 0.05) is 0 Å². The predicted octanol–water partition coefficient (Wildman–Crippen LogP) is 2.46. The van der Waals surface area contributed by atoms with Gasteiger partial charge < -0.3 is 0 Å². The molecule has 0 bridgehead atoms. The molecule has 2 aromatic rings. The summed E-state index contributed by atoms with van der Waals surface area (Å²) in [7, 11) is -3.73. The zero-order valence-electron chi connectivity index (χ0n) is 8.89. The Bertz CT molecular complexity index is 671. The fourth-order valence-electron chi connectivity index (χ4n) is 1.15. The third-order valence-electron chi connectivity index (χ3n) is 1.83. The van der Waals surface area contributed by atoms with Crippen molar-refractivity contribution in [2.24, 2.45) is 0 Å². The molecule has 0 amide bonds. The lowest BCUT2D eigenvalue weighted by Crippen LogP contribution is -2.13. The van der Waals surface area contributed by atoms with Crippen molar-refractivity contribution >= 4 is 54.7 Å². The van der Waals surface area contributed by atoms with Crippen LogP contribution in [0.4, 0.5) is 5.82 Å². The van der Waals surface area contributed by atoms with Crippen molar-refractivity contribution in [3.05, 3.63) is 27.2 Å². The van der Waals surface area contributed by atoms with Crippen LogP contribution in [0.5, 0.6) is 0 Å². The largest absolute Gasteiger partial charge is 0.274 e. The highest BCUT2D eigenvalue weighted by molar-refractivity contribution is 9.10. The quantitative estimate of drug-likeness (QED) is 0.898. The van der Waals surface area contributed by atoms with E-state index in [2.05, 4.69) is 35.6 Å². The molecule has 6 nitrogen and oxygen atoms in total. The molecule has 0 fully saturated rings. The topological polar surface area (TPSA) is 84.8 Å². The third kappa shape index (κ3) is 2.97. The summed E-state index contributed by atoms with van der Waals surface area (Å²) in [4.78, 5) is 11.6. The molecule has 0 aromatic carbocycles. The highest BCUT2D eigenvalue weighted by Crippen LogP contribution is 2.27. The highest BCUT2D eigenvalue weighted by Gasteiger charge is 2.22. The maximum absolute atomic E-state index is 12.0. The number of halogens is 2. The van der Waals surface area contributed by atoms with Gasteiger partial charge in [-0.15, -0.1) is 0 Å². The minimum atomic E-state index is -3.73. The zero-order valence-corrected chi connectivity index (χ0v) is 12.9. The third-order valence-corrected chi connectivity index (χ3v) is 5.47. The zero-order chi connectivity index (χ0) is 13.3. The second-order valence-electron chi connectivity index (χ2n) is 3.17. The summed E-state index contributed by atoms with van der Waals surface area (Å²) in [5.74, 6) is 0.127. The molecular formula is C8H6BrClN4O2S2. The minimum Gasteiger partial charge on any atom is -0.261 e. The molecule has 0 saturated heterocycles. The van der Waals surface area contributed by atoms with Gasteiger partial charge in [-0.25, -0.2) is 23.4 Å². The Morgan fingerprint density at radius 3 is 2.61 bits per heavy atom. The lowest BCUT2D eigenvalue weighted by Gasteiger charge is -2.04. The van der Waals surface area contributed by atoms with Gasteiger partial charge in [-0.3, -0.25) is 4.72 Å². The van der Waals surface area contributed by atoms with Gasteiger partial charge in [0.25, 0.3) is 10.0 Å². The summed E-state index contributed by atoms with van der Waals surface area (Å²) in [6.07, 6.45) is 2.70. The molecule has 96 valence electrons. The summed E-state index contributed by atoms with van der Waals surface area (Å²) in [5, 5.41) is 0. The Labute approximate surface area is 121 Å². The van der Waals surface area contributed by atoms with E-state index in [4.69, 9.17) is 11.6 Å². The first-order valence-corrected chi connectivity index (χ1v) is 7.99. The average Bonchev–Trinajstić information content (AvgIpc) is 2.62. The number of aryl methyl sites for hydroxylation is 1. The smallest absolute Gasteiger partial charge is 0.261 e. The van der Waals surface area contributed by atoms with E-state index in [1.54, 1.807) is 6.92 Å². The first kappa shape index (κ1) is 13.7. The van der Waals surface area contributed by atoms with Crippen LogP contribution in [0.3, 0.4) is 0 Å². The Morgan fingerprint density at radius 2 is 2.11 bits per heavy atom. The SMILES string of the molecule is Cc1nc(Cl)sc1S(=O)(=O)Nc1cnc(Br)cn1. The van der Waals surface area contributed by atoms with E-state index in [1.807, 2.05) is 0 Å². The first-order valence-electron chi connectivity index (χ1n) is 4.52. The molecule has 18 heavy (non-hydrogen) atoms. The number of rotatable bonds is 3. The van der Waals surface area contributed by atoms with Crippen molar-refractivity contribution in [1.82, 2.24) is 15.0 Å². The summed E-state index contributed by atoms with van der Waals surface area (Å²) in [6, 6.07) is 0. The van der Waals surface area contributed by atoms with Gasteiger partial charge >= 0.3 is 0 Å². The van der Waals surface area contributed by atoms with Crippen LogP contribution in [-0.4, -0.2) is 23.4 Å². The number of hydrogen-bond acceptors (Lipinski definition) is 6. The van der Waals surface area contributed by atoms with Gasteiger partial charge in [0.2, 0.25) is 0 Å². The van der Waals surface area contributed by atoms with Gasteiger partial charge in [0.15, 0.2) is 14.5 Å². The standard InChI is InChI=1S/C8H6BrClN4O2S2/c1-4-7(17-8(10)13-4)18(15,16)14-6-3-11-5(9)2-12-6/h2-3H,1H3,(H,12,14). The van der Waals surface area contributed by atoms with E-state index in [0.29, 0.717) is 10.3 Å². The number of hydrogen-bond donors (Lipinski definition) is 1. The van der Waals surface area contributed by atoms with Crippen molar-refractivity contribution in [3.8, 4) is 0 Å². The second kappa shape index (κ2) is 5.08. The Kier molecular flexibility index (Phi) is 3.85. The van der Waals surface area contributed by atoms with Gasteiger partial charge in [-0.05, 0) is 22.9 Å². The molecule has 2 rings (SSSR count). The van der Waals surface area contributed by atoms with E-state index in [-0.39, 0.29) is 14.5 Å². The van der Waals surface area contributed by atoms with Gasteiger partial charge in [0.05, 0.1) is 18.1 Å². The molecule has 0 unspecified atom stereocenters. The van der Waals surface area contributed by atoms with E-state index in [1.165, 1.54) is 12.4 Å². The fourth-order valence-corrected chi connectivity index (χ4v) is 4.09. The monoisotopic (exact) mass is 368 g/mol. The second-order valence-corrected chi connectivity index (χ2v) is 7.44. The van der Waals surface area contributed by atoms with Crippen LogP contribution in [0.1, 0.15) is 5.69 Å². The average molecular weight is 370 g/mol. The molecular weight excluding hydrogens is 364 g/mol. The van der Waals surface area contributed by atoms with Crippen molar-refractivity contribution in [1.29, 1.82) is 0 Å². The fraction of sp³-hybridized carbons (Fsp3) is 0.125. The van der Waals surface area contributed by atoms with Crippen LogP contribution in [0.2, 0.25) is 4.47 Å². The lowest BCUT2D eigenvalue weighted by atomic mass is 10.6. The van der Waals surface area contributed by atoms with Crippen LogP contribution in [0.25, 0.3) is 0 Å². The van der Waals surface area contributed by atoms with E-state index >= 15 is 0 Å².